The monoisotopic (exact) mass is 445 g/mol. The van der Waals surface area contributed by atoms with E-state index in [1.807, 2.05) is 44.2 Å². The van der Waals surface area contributed by atoms with Crippen LogP contribution in [0.3, 0.4) is 0 Å². The van der Waals surface area contributed by atoms with E-state index < -0.39 is 22.0 Å². The molecule has 0 aliphatic rings. The van der Waals surface area contributed by atoms with Gasteiger partial charge in [-0.3, -0.25) is 9.59 Å². The van der Waals surface area contributed by atoms with Crippen molar-refractivity contribution in [3.8, 4) is 0 Å². The number of hydrogen-bond acceptors (Lipinski definition) is 4. The maximum Gasteiger partial charge on any atom is 0.243 e. The lowest BCUT2D eigenvalue weighted by Gasteiger charge is -2.31. The molecule has 2 amide bonds. The van der Waals surface area contributed by atoms with Crippen molar-refractivity contribution >= 4 is 21.8 Å². The molecule has 0 fully saturated rings. The van der Waals surface area contributed by atoms with Gasteiger partial charge in [-0.05, 0) is 37.5 Å². The zero-order valence-corrected chi connectivity index (χ0v) is 19.4. The first-order valence-corrected chi connectivity index (χ1v) is 11.7. The van der Waals surface area contributed by atoms with Crippen LogP contribution in [-0.4, -0.2) is 62.7 Å². The third kappa shape index (κ3) is 6.38. The number of nitrogens with zero attached hydrogens (tertiary/aromatic N) is 2. The summed E-state index contributed by atoms with van der Waals surface area (Å²) >= 11 is 0. The number of hydrogen-bond donors (Lipinski definition) is 1. The molecule has 0 aliphatic heterocycles. The quantitative estimate of drug-likeness (QED) is 0.608. The first-order chi connectivity index (χ1) is 14.7. The first-order valence-electron chi connectivity index (χ1n) is 10.3. The van der Waals surface area contributed by atoms with Crippen LogP contribution >= 0.6 is 0 Å². The molecule has 1 N–H and O–H groups in total. The minimum atomic E-state index is -3.82. The number of benzene rings is 2. The summed E-state index contributed by atoms with van der Waals surface area (Å²) in [6.07, 6.45) is 0.989. The molecule has 0 saturated heterocycles. The third-order valence-corrected chi connectivity index (χ3v) is 7.02. The Morgan fingerprint density at radius 2 is 1.65 bits per heavy atom. The van der Waals surface area contributed by atoms with Crippen LogP contribution in [0.25, 0.3) is 0 Å². The van der Waals surface area contributed by atoms with Crippen LogP contribution < -0.4 is 5.32 Å². The Morgan fingerprint density at radius 1 is 1.03 bits per heavy atom. The summed E-state index contributed by atoms with van der Waals surface area (Å²) in [5.74, 6) is -0.683. The molecule has 2 aromatic rings. The fraction of sp³-hybridized carbons (Fsp3) is 0.391. The van der Waals surface area contributed by atoms with Gasteiger partial charge in [-0.25, -0.2) is 8.42 Å². The normalized spacial score (nSPS) is 12.4. The SMILES string of the molecule is CC[C@H](C(=O)NC)N(CCc1ccccc1)C(=O)CN(C)S(=O)(=O)c1ccc(C)cc1. The van der Waals surface area contributed by atoms with Gasteiger partial charge in [-0.1, -0.05) is 55.0 Å². The molecular formula is C23H31N3O4S. The molecule has 0 radical (unpaired) electrons. The van der Waals surface area contributed by atoms with Crippen molar-refractivity contribution in [1.29, 1.82) is 0 Å². The lowest BCUT2D eigenvalue weighted by molar-refractivity contribution is -0.140. The van der Waals surface area contributed by atoms with Crippen LogP contribution in [0.4, 0.5) is 0 Å². The maximum atomic E-state index is 13.2. The van der Waals surface area contributed by atoms with Crippen LogP contribution in [0.2, 0.25) is 0 Å². The van der Waals surface area contributed by atoms with Crippen LogP contribution in [0, 0.1) is 6.92 Å². The van der Waals surface area contributed by atoms with E-state index in [-0.39, 0.29) is 17.3 Å². The second-order valence-corrected chi connectivity index (χ2v) is 9.48. The van der Waals surface area contributed by atoms with Crippen molar-refractivity contribution in [2.75, 3.05) is 27.2 Å². The highest BCUT2D eigenvalue weighted by atomic mass is 32.2. The Kier molecular flexibility index (Phi) is 8.76. The summed E-state index contributed by atoms with van der Waals surface area (Å²) in [4.78, 5) is 27.2. The standard InChI is InChI=1S/C23H31N3O4S/c1-5-21(23(28)24-3)26(16-15-19-9-7-6-8-10-19)22(27)17-25(4)31(29,30)20-13-11-18(2)12-14-20/h6-14,21H,5,15-17H2,1-4H3,(H,24,28)/t21-/m1/s1. The summed E-state index contributed by atoms with van der Waals surface area (Å²) < 4.78 is 26.8. The molecule has 0 saturated carbocycles. The predicted octanol–water partition coefficient (Wildman–Crippen LogP) is 2.21. The van der Waals surface area contributed by atoms with Gasteiger partial charge in [0.1, 0.15) is 6.04 Å². The Morgan fingerprint density at radius 3 is 2.19 bits per heavy atom. The Bertz CT molecular complexity index is 976. The number of amides is 2. The Hall–Kier alpha value is -2.71. The molecule has 0 bridgehead atoms. The minimum Gasteiger partial charge on any atom is -0.357 e. The number of aryl methyl sites for hydroxylation is 1. The van der Waals surface area contributed by atoms with E-state index >= 15 is 0 Å². The number of carbonyl (C=O) groups excluding carboxylic acids is 2. The number of likely N-dealkylation sites (N-methyl/N-ethyl adjacent to an activating group) is 2. The summed E-state index contributed by atoms with van der Waals surface area (Å²) in [7, 11) is -0.919. The van der Waals surface area contributed by atoms with Crippen LogP contribution in [0.1, 0.15) is 24.5 Å². The molecule has 0 aromatic heterocycles. The highest BCUT2D eigenvalue weighted by Crippen LogP contribution is 2.16. The maximum absolute atomic E-state index is 13.2. The van der Waals surface area contributed by atoms with Gasteiger partial charge < -0.3 is 10.2 Å². The minimum absolute atomic E-state index is 0.127. The number of carbonyl (C=O) groups is 2. The highest BCUT2D eigenvalue weighted by molar-refractivity contribution is 7.89. The van der Waals surface area contributed by atoms with Gasteiger partial charge in [-0.15, -0.1) is 0 Å². The van der Waals surface area contributed by atoms with Crippen molar-refractivity contribution in [3.63, 3.8) is 0 Å². The van der Waals surface area contributed by atoms with E-state index in [2.05, 4.69) is 5.32 Å². The first kappa shape index (κ1) is 24.6. The topological polar surface area (TPSA) is 86.8 Å². The average molecular weight is 446 g/mol. The van der Waals surface area contributed by atoms with E-state index in [1.54, 1.807) is 12.1 Å². The molecule has 1 atom stereocenters. The Labute approximate surface area is 185 Å². The summed E-state index contributed by atoms with van der Waals surface area (Å²) in [6.45, 7) is 3.67. The predicted molar refractivity (Wildman–Crippen MR) is 121 cm³/mol. The van der Waals surface area contributed by atoms with Crippen LogP contribution in [0.15, 0.2) is 59.5 Å². The van der Waals surface area contributed by atoms with Crippen LogP contribution in [-0.2, 0) is 26.0 Å². The fourth-order valence-electron chi connectivity index (χ4n) is 3.32. The second kappa shape index (κ2) is 11.1. The second-order valence-electron chi connectivity index (χ2n) is 7.44. The van der Waals surface area contributed by atoms with Gasteiger partial charge >= 0.3 is 0 Å². The average Bonchev–Trinajstić information content (AvgIpc) is 2.76. The molecule has 8 heteroatoms. The largest absolute Gasteiger partial charge is 0.357 e. The van der Waals surface area contributed by atoms with Crippen molar-refractivity contribution < 1.29 is 18.0 Å². The smallest absolute Gasteiger partial charge is 0.243 e. The van der Waals surface area contributed by atoms with Crippen molar-refractivity contribution in [1.82, 2.24) is 14.5 Å². The third-order valence-electron chi connectivity index (χ3n) is 5.20. The molecule has 7 nitrogen and oxygen atoms in total. The van der Waals surface area contributed by atoms with Gasteiger partial charge in [0.25, 0.3) is 0 Å². The van der Waals surface area contributed by atoms with Gasteiger partial charge in [0, 0.05) is 20.6 Å². The molecule has 31 heavy (non-hydrogen) atoms. The molecule has 168 valence electrons. The van der Waals surface area contributed by atoms with E-state index in [4.69, 9.17) is 0 Å². The lowest BCUT2D eigenvalue weighted by Crippen LogP contribution is -2.52. The fourth-order valence-corrected chi connectivity index (χ4v) is 4.44. The van der Waals surface area contributed by atoms with Gasteiger partial charge in [0.05, 0.1) is 11.4 Å². The van der Waals surface area contributed by atoms with Gasteiger partial charge in [0.2, 0.25) is 21.8 Å². The molecular weight excluding hydrogens is 414 g/mol. The molecule has 0 aliphatic carbocycles. The van der Waals surface area contributed by atoms with Crippen LogP contribution in [0.5, 0.6) is 0 Å². The molecule has 0 heterocycles. The molecule has 2 aromatic carbocycles. The van der Waals surface area contributed by atoms with Gasteiger partial charge in [-0.2, -0.15) is 4.31 Å². The molecule has 0 spiro atoms. The van der Waals surface area contributed by atoms with E-state index in [0.717, 1.165) is 15.4 Å². The van der Waals surface area contributed by atoms with Crippen molar-refractivity contribution in [2.24, 2.45) is 0 Å². The Balaban J connectivity index is 2.22. The molecule has 0 unspecified atom stereocenters. The summed E-state index contributed by atoms with van der Waals surface area (Å²) in [5, 5.41) is 2.60. The summed E-state index contributed by atoms with van der Waals surface area (Å²) in [5.41, 5.74) is 1.98. The zero-order valence-electron chi connectivity index (χ0n) is 18.5. The summed E-state index contributed by atoms with van der Waals surface area (Å²) in [6, 6.07) is 15.5. The van der Waals surface area contributed by atoms with E-state index in [0.29, 0.717) is 19.4 Å². The van der Waals surface area contributed by atoms with Crippen molar-refractivity contribution in [2.45, 2.75) is 37.6 Å². The number of sulfonamides is 1. The number of nitrogens with one attached hydrogen (secondary N) is 1. The van der Waals surface area contributed by atoms with Crippen molar-refractivity contribution in [3.05, 3.63) is 65.7 Å². The van der Waals surface area contributed by atoms with E-state index in [1.165, 1.54) is 31.1 Å². The van der Waals surface area contributed by atoms with Gasteiger partial charge in [0.15, 0.2) is 0 Å². The molecule has 2 rings (SSSR count). The number of rotatable bonds is 10. The zero-order chi connectivity index (χ0) is 23.0. The lowest BCUT2D eigenvalue weighted by atomic mass is 10.1. The van der Waals surface area contributed by atoms with E-state index in [9.17, 15) is 18.0 Å². The highest BCUT2D eigenvalue weighted by Gasteiger charge is 2.31.